The van der Waals surface area contributed by atoms with E-state index in [-0.39, 0.29) is 19.1 Å². The van der Waals surface area contributed by atoms with Crippen molar-refractivity contribution in [3.05, 3.63) is 29.8 Å². The fraction of sp³-hybridized carbons (Fsp3) is 0.632. The number of carbonyl (C=O) groups excluding carboxylic acids is 1. The first-order chi connectivity index (χ1) is 11.8. The highest BCUT2D eigenvalue weighted by Crippen LogP contribution is 2.21. The van der Waals surface area contributed by atoms with Crippen LogP contribution in [0.25, 0.3) is 0 Å². The van der Waals surface area contributed by atoms with Crippen LogP contribution in [-0.4, -0.2) is 49.1 Å². The molecule has 0 aromatic heterocycles. The molecule has 0 spiro atoms. The topological polar surface area (TPSA) is 48.0 Å². The standard InChI is InChI=1S/C19H28FNO4/c1-19(2,3)25-18(22)21-10-9-17(11-15(20)12-21)24-13-14-5-7-16(23-4)8-6-14/h5-8,15,17H,9-13H2,1-4H3. The van der Waals surface area contributed by atoms with Crippen molar-refractivity contribution in [3.8, 4) is 5.75 Å². The summed E-state index contributed by atoms with van der Waals surface area (Å²) in [6.07, 6.45) is -0.919. The molecule has 25 heavy (non-hydrogen) atoms. The van der Waals surface area contributed by atoms with E-state index in [1.165, 1.54) is 4.90 Å². The lowest BCUT2D eigenvalue weighted by Gasteiger charge is -2.26. The van der Waals surface area contributed by atoms with Gasteiger partial charge < -0.3 is 19.1 Å². The van der Waals surface area contributed by atoms with Gasteiger partial charge in [0.05, 0.1) is 26.4 Å². The van der Waals surface area contributed by atoms with E-state index < -0.39 is 17.9 Å². The number of rotatable bonds is 4. The van der Waals surface area contributed by atoms with Gasteiger partial charge in [0.25, 0.3) is 0 Å². The number of nitrogens with zero attached hydrogens (tertiary/aromatic N) is 1. The predicted octanol–water partition coefficient (Wildman–Crippen LogP) is 3.95. The third-order valence-electron chi connectivity index (χ3n) is 3.95. The second kappa shape index (κ2) is 8.52. The molecule has 5 nitrogen and oxygen atoms in total. The fourth-order valence-electron chi connectivity index (χ4n) is 2.69. The van der Waals surface area contributed by atoms with Crippen LogP contribution in [-0.2, 0) is 16.1 Å². The molecule has 2 unspecified atom stereocenters. The van der Waals surface area contributed by atoms with Crippen LogP contribution in [0.2, 0.25) is 0 Å². The van der Waals surface area contributed by atoms with Gasteiger partial charge in [-0.3, -0.25) is 0 Å². The number of hydrogen-bond donors (Lipinski definition) is 0. The molecule has 2 atom stereocenters. The molecule has 1 heterocycles. The van der Waals surface area contributed by atoms with E-state index in [4.69, 9.17) is 14.2 Å². The Kier molecular flexibility index (Phi) is 6.64. The highest BCUT2D eigenvalue weighted by atomic mass is 19.1. The van der Waals surface area contributed by atoms with Crippen LogP contribution in [0.5, 0.6) is 5.75 Å². The number of carbonyl (C=O) groups is 1. The van der Waals surface area contributed by atoms with Gasteiger partial charge in [0.15, 0.2) is 0 Å². The molecule has 1 aromatic rings. The van der Waals surface area contributed by atoms with Crippen LogP contribution in [0.4, 0.5) is 9.18 Å². The number of likely N-dealkylation sites (tertiary alicyclic amines) is 1. The number of halogens is 1. The summed E-state index contributed by atoms with van der Waals surface area (Å²) in [5.74, 6) is 0.787. The zero-order valence-electron chi connectivity index (χ0n) is 15.5. The molecule has 0 radical (unpaired) electrons. The lowest BCUT2D eigenvalue weighted by molar-refractivity contribution is 0.0189. The van der Waals surface area contributed by atoms with E-state index >= 15 is 0 Å². The smallest absolute Gasteiger partial charge is 0.410 e. The molecule has 0 saturated carbocycles. The molecular formula is C19H28FNO4. The lowest BCUT2D eigenvalue weighted by Crippen LogP contribution is -2.39. The van der Waals surface area contributed by atoms with Crippen molar-refractivity contribution in [1.82, 2.24) is 4.90 Å². The number of amides is 1. The van der Waals surface area contributed by atoms with Gasteiger partial charge in [-0.2, -0.15) is 0 Å². The van der Waals surface area contributed by atoms with Gasteiger partial charge in [-0.15, -0.1) is 0 Å². The number of benzene rings is 1. The SMILES string of the molecule is COc1ccc(COC2CCN(C(=O)OC(C)(C)C)CC(F)C2)cc1. The molecular weight excluding hydrogens is 325 g/mol. The molecule has 0 bridgehead atoms. The van der Waals surface area contributed by atoms with E-state index in [2.05, 4.69) is 0 Å². The summed E-state index contributed by atoms with van der Waals surface area (Å²) < 4.78 is 30.5. The first kappa shape index (κ1) is 19.5. The van der Waals surface area contributed by atoms with Gasteiger partial charge in [-0.05, 0) is 44.9 Å². The van der Waals surface area contributed by atoms with Gasteiger partial charge in [0.2, 0.25) is 0 Å². The molecule has 140 valence electrons. The Morgan fingerprint density at radius 1 is 1.28 bits per heavy atom. The molecule has 1 aliphatic rings. The van der Waals surface area contributed by atoms with Crippen molar-refractivity contribution < 1.29 is 23.4 Å². The Labute approximate surface area is 149 Å². The summed E-state index contributed by atoms with van der Waals surface area (Å²) in [6, 6.07) is 7.59. The van der Waals surface area contributed by atoms with Gasteiger partial charge in [-0.25, -0.2) is 9.18 Å². The van der Waals surface area contributed by atoms with Gasteiger partial charge in [0, 0.05) is 13.0 Å². The molecule has 6 heteroatoms. The average Bonchev–Trinajstić information content (AvgIpc) is 2.73. The molecule has 0 aliphatic carbocycles. The Balaban J connectivity index is 1.86. The van der Waals surface area contributed by atoms with E-state index in [9.17, 15) is 9.18 Å². The van der Waals surface area contributed by atoms with E-state index in [1.807, 2.05) is 24.3 Å². The third-order valence-corrected chi connectivity index (χ3v) is 3.95. The van der Waals surface area contributed by atoms with Gasteiger partial charge >= 0.3 is 6.09 Å². The molecule has 1 aromatic carbocycles. The minimum absolute atomic E-state index is 0.0529. The average molecular weight is 353 g/mol. The largest absolute Gasteiger partial charge is 0.497 e. The van der Waals surface area contributed by atoms with Crippen LogP contribution >= 0.6 is 0 Å². The van der Waals surface area contributed by atoms with Crippen LogP contribution in [0, 0.1) is 0 Å². The summed E-state index contributed by atoms with van der Waals surface area (Å²) >= 11 is 0. The maximum absolute atomic E-state index is 14.2. The zero-order chi connectivity index (χ0) is 18.4. The van der Waals surface area contributed by atoms with Crippen molar-refractivity contribution in [2.75, 3.05) is 20.2 Å². The molecule has 1 saturated heterocycles. The summed E-state index contributed by atoms with van der Waals surface area (Å²) in [6.45, 7) is 6.30. The van der Waals surface area contributed by atoms with E-state index in [1.54, 1.807) is 27.9 Å². The lowest BCUT2D eigenvalue weighted by atomic mass is 10.1. The molecule has 2 rings (SSSR count). The Bertz CT molecular complexity index is 556. The molecule has 1 fully saturated rings. The summed E-state index contributed by atoms with van der Waals surface area (Å²) in [5.41, 5.74) is 0.420. The number of hydrogen-bond acceptors (Lipinski definition) is 4. The zero-order valence-corrected chi connectivity index (χ0v) is 15.5. The van der Waals surface area contributed by atoms with Crippen LogP contribution < -0.4 is 4.74 Å². The van der Waals surface area contributed by atoms with Gasteiger partial charge in [0.1, 0.15) is 17.5 Å². The van der Waals surface area contributed by atoms with E-state index in [0.717, 1.165) is 11.3 Å². The number of alkyl halides is 1. The normalized spacial score (nSPS) is 21.6. The molecule has 1 aliphatic heterocycles. The van der Waals surface area contributed by atoms with Crippen LogP contribution in [0.1, 0.15) is 39.2 Å². The van der Waals surface area contributed by atoms with Crippen molar-refractivity contribution in [2.24, 2.45) is 0 Å². The summed E-state index contributed by atoms with van der Waals surface area (Å²) in [5, 5.41) is 0. The van der Waals surface area contributed by atoms with Crippen LogP contribution in [0.15, 0.2) is 24.3 Å². The minimum atomic E-state index is -1.11. The maximum atomic E-state index is 14.2. The highest BCUT2D eigenvalue weighted by Gasteiger charge is 2.30. The highest BCUT2D eigenvalue weighted by molar-refractivity contribution is 5.68. The Morgan fingerprint density at radius 3 is 2.56 bits per heavy atom. The fourth-order valence-corrected chi connectivity index (χ4v) is 2.69. The van der Waals surface area contributed by atoms with Crippen molar-refractivity contribution in [3.63, 3.8) is 0 Å². The predicted molar refractivity (Wildman–Crippen MR) is 93.5 cm³/mol. The second-order valence-corrected chi connectivity index (χ2v) is 7.33. The van der Waals surface area contributed by atoms with Crippen LogP contribution in [0.3, 0.4) is 0 Å². The summed E-state index contributed by atoms with van der Waals surface area (Å²) in [4.78, 5) is 13.6. The third kappa shape index (κ3) is 6.53. The van der Waals surface area contributed by atoms with Crippen molar-refractivity contribution >= 4 is 6.09 Å². The maximum Gasteiger partial charge on any atom is 0.410 e. The Hall–Kier alpha value is -1.82. The number of ether oxygens (including phenoxy) is 3. The van der Waals surface area contributed by atoms with Crippen molar-refractivity contribution in [1.29, 1.82) is 0 Å². The van der Waals surface area contributed by atoms with E-state index in [0.29, 0.717) is 19.6 Å². The Morgan fingerprint density at radius 2 is 1.96 bits per heavy atom. The number of methoxy groups -OCH3 is 1. The minimum Gasteiger partial charge on any atom is -0.497 e. The first-order valence-electron chi connectivity index (χ1n) is 8.63. The first-order valence-corrected chi connectivity index (χ1v) is 8.63. The monoisotopic (exact) mass is 353 g/mol. The summed E-state index contributed by atoms with van der Waals surface area (Å²) in [7, 11) is 1.62. The van der Waals surface area contributed by atoms with Gasteiger partial charge in [-0.1, -0.05) is 12.1 Å². The quantitative estimate of drug-likeness (QED) is 0.822. The molecule has 1 amide bonds. The second-order valence-electron chi connectivity index (χ2n) is 7.33. The molecule has 0 N–H and O–H groups in total. The van der Waals surface area contributed by atoms with Crippen molar-refractivity contribution in [2.45, 2.75) is 58.1 Å².